The minimum absolute atomic E-state index is 0.107. The molecule has 5 unspecified atom stereocenters. The van der Waals surface area contributed by atoms with Gasteiger partial charge < -0.3 is 4.74 Å². The van der Waals surface area contributed by atoms with Crippen LogP contribution in [0.2, 0.25) is 0 Å². The number of hydrogen-bond acceptors (Lipinski definition) is 4. The molecule has 5 atom stereocenters. The molecular formula is C25H31NO4S. The Bertz CT molecular complexity index is 1050. The van der Waals surface area contributed by atoms with Gasteiger partial charge in [0.2, 0.25) is 0 Å². The molecule has 0 bridgehead atoms. The average molecular weight is 442 g/mol. The molecule has 0 aliphatic heterocycles. The summed E-state index contributed by atoms with van der Waals surface area (Å²) in [7, 11) is -3.92. The molecule has 3 aliphatic rings. The highest BCUT2D eigenvalue weighted by Crippen LogP contribution is 2.61. The summed E-state index contributed by atoms with van der Waals surface area (Å²) >= 11 is 0. The molecule has 0 aromatic heterocycles. The molecule has 5 rings (SSSR count). The second kappa shape index (κ2) is 7.91. The minimum Gasteiger partial charge on any atom is -0.489 e. The van der Waals surface area contributed by atoms with Gasteiger partial charge in [0.15, 0.2) is 0 Å². The number of nitrogens with two attached hydrogens (primary N) is 1. The maximum atomic E-state index is 11.6. The lowest BCUT2D eigenvalue weighted by molar-refractivity contribution is -0.00802. The number of rotatable bonds is 5. The van der Waals surface area contributed by atoms with E-state index in [1.165, 1.54) is 16.7 Å². The number of hydrogen-bond donors (Lipinski definition) is 1. The standard InChI is InChI=1S/C25H31NO4S/c1-25-14-13-21-20-10-8-19(29-16-17-5-3-2-4-6-17)15-18(20)7-9-22(21)23(25)11-12-24(25)30-31(26,27)28/h2-6,8,10,15,21-24H,7,9,11-14,16H2,1H3,(H2,26,27,28). The molecule has 3 aliphatic carbocycles. The first kappa shape index (κ1) is 21.0. The van der Waals surface area contributed by atoms with Crippen molar-refractivity contribution in [1.29, 1.82) is 0 Å². The third-order valence-electron chi connectivity index (χ3n) is 8.11. The molecule has 0 spiro atoms. The minimum atomic E-state index is -3.92. The zero-order valence-electron chi connectivity index (χ0n) is 18.0. The van der Waals surface area contributed by atoms with Crippen molar-refractivity contribution in [2.75, 3.05) is 0 Å². The van der Waals surface area contributed by atoms with E-state index in [9.17, 15) is 8.42 Å². The van der Waals surface area contributed by atoms with Gasteiger partial charge in [0.1, 0.15) is 12.4 Å². The topological polar surface area (TPSA) is 78.6 Å². The van der Waals surface area contributed by atoms with Gasteiger partial charge in [-0.1, -0.05) is 43.3 Å². The molecule has 2 fully saturated rings. The molecule has 5 nitrogen and oxygen atoms in total. The van der Waals surface area contributed by atoms with Crippen molar-refractivity contribution in [3.63, 3.8) is 0 Å². The molecule has 166 valence electrons. The number of ether oxygens (including phenoxy) is 1. The third kappa shape index (κ3) is 4.01. The third-order valence-corrected chi connectivity index (χ3v) is 8.61. The van der Waals surface area contributed by atoms with E-state index < -0.39 is 10.3 Å². The zero-order chi connectivity index (χ0) is 21.6. The molecule has 0 amide bonds. The highest BCUT2D eigenvalue weighted by molar-refractivity contribution is 7.84. The van der Waals surface area contributed by atoms with Gasteiger partial charge in [-0.05, 0) is 90.5 Å². The Balaban J connectivity index is 1.32. The van der Waals surface area contributed by atoms with Crippen LogP contribution >= 0.6 is 0 Å². The smallest absolute Gasteiger partial charge is 0.333 e. The summed E-state index contributed by atoms with van der Waals surface area (Å²) < 4.78 is 34.5. The molecule has 6 heteroatoms. The summed E-state index contributed by atoms with van der Waals surface area (Å²) in [5.41, 5.74) is 3.93. The van der Waals surface area contributed by atoms with E-state index in [2.05, 4.69) is 37.3 Å². The van der Waals surface area contributed by atoms with E-state index in [0.717, 1.165) is 44.3 Å². The average Bonchev–Trinajstić information content (AvgIpc) is 3.07. The summed E-state index contributed by atoms with van der Waals surface area (Å²) in [6, 6.07) is 16.8. The van der Waals surface area contributed by atoms with Crippen molar-refractivity contribution >= 4 is 10.3 Å². The first-order chi connectivity index (χ1) is 14.8. The lowest BCUT2D eigenvalue weighted by Crippen LogP contribution is -2.45. The fourth-order valence-corrected chi connectivity index (χ4v) is 7.30. The van der Waals surface area contributed by atoms with Crippen LogP contribution in [0.1, 0.15) is 61.6 Å². The Morgan fingerprint density at radius 3 is 2.65 bits per heavy atom. The van der Waals surface area contributed by atoms with Crippen LogP contribution in [-0.4, -0.2) is 14.5 Å². The SMILES string of the molecule is CC12CCC3c4ccc(OCc5ccccc5)cc4CCC3C1CCC2OS(N)(=O)=O. The lowest BCUT2D eigenvalue weighted by atomic mass is 9.55. The maximum Gasteiger partial charge on any atom is 0.333 e. The molecular weight excluding hydrogens is 410 g/mol. The van der Waals surface area contributed by atoms with Crippen LogP contribution in [0.5, 0.6) is 5.75 Å². The summed E-state index contributed by atoms with van der Waals surface area (Å²) in [6.07, 6.45) is 5.74. The highest BCUT2D eigenvalue weighted by Gasteiger charge is 2.56. The zero-order valence-corrected chi connectivity index (χ0v) is 18.8. The van der Waals surface area contributed by atoms with Crippen LogP contribution in [-0.2, 0) is 27.5 Å². The van der Waals surface area contributed by atoms with Crippen molar-refractivity contribution in [1.82, 2.24) is 0 Å². The van der Waals surface area contributed by atoms with E-state index >= 15 is 0 Å². The Labute approximate surface area is 185 Å². The normalized spacial score (nSPS) is 32.1. The monoisotopic (exact) mass is 441 g/mol. The predicted octanol–water partition coefficient (Wildman–Crippen LogP) is 4.71. The van der Waals surface area contributed by atoms with Gasteiger partial charge in [-0.25, -0.2) is 5.14 Å². The molecule has 2 aromatic carbocycles. The van der Waals surface area contributed by atoms with Gasteiger partial charge in [0.05, 0.1) is 6.10 Å². The van der Waals surface area contributed by atoms with Crippen molar-refractivity contribution in [2.24, 2.45) is 22.4 Å². The largest absolute Gasteiger partial charge is 0.489 e. The summed E-state index contributed by atoms with van der Waals surface area (Å²) in [6.45, 7) is 2.80. The molecule has 0 saturated heterocycles. The van der Waals surface area contributed by atoms with Gasteiger partial charge >= 0.3 is 10.3 Å². The quantitative estimate of drug-likeness (QED) is 0.729. The lowest BCUT2D eigenvalue weighted by Gasteiger charge is -2.50. The van der Waals surface area contributed by atoms with Crippen LogP contribution in [0, 0.1) is 17.3 Å². The first-order valence-corrected chi connectivity index (χ1v) is 12.8. The van der Waals surface area contributed by atoms with Crippen LogP contribution < -0.4 is 9.88 Å². The van der Waals surface area contributed by atoms with Gasteiger partial charge in [-0.2, -0.15) is 8.42 Å². The van der Waals surface area contributed by atoms with Gasteiger partial charge in [0, 0.05) is 0 Å². The second-order valence-corrected chi connectivity index (χ2v) is 10.9. The Kier molecular flexibility index (Phi) is 5.35. The van der Waals surface area contributed by atoms with E-state index in [1.54, 1.807) is 0 Å². The molecule has 31 heavy (non-hydrogen) atoms. The van der Waals surface area contributed by atoms with Crippen LogP contribution in [0.15, 0.2) is 48.5 Å². The maximum absolute atomic E-state index is 11.6. The Hall–Kier alpha value is -1.89. The summed E-state index contributed by atoms with van der Waals surface area (Å²) in [5, 5.41) is 5.21. The Morgan fingerprint density at radius 2 is 1.87 bits per heavy atom. The van der Waals surface area contributed by atoms with Gasteiger partial charge in [-0.3, -0.25) is 4.18 Å². The van der Waals surface area contributed by atoms with Crippen molar-refractivity contribution < 1.29 is 17.3 Å². The van der Waals surface area contributed by atoms with Crippen molar-refractivity contribution in [3.05, 3.63) is 65.2 Å². The predicted molar refractivity (Wildman–Crippen MR) is 120 cm³/mol. The molecule has 2 saturated carbocycles. The Morgan fingerprint density at radius 1 is 1.06 bits per heavy atom. The fraction of sp³-hybridized carbons (Fsp3) is 0.520. The van der Waals surface area contributed by atoms with Crippen molar-refractivity contribution in [3.8, 4) is 5.75 Å². The highest BCUT2D eigenvalue weighted by atomic mass is 32.2. The number of aryl methyl sites for hydroxylation is 1. The summed E-state index contributed by atoms with van der Waals surface area (Å²) in [4.78, 5) is 0. The van der Waals surface area contributed by atoms with Gasteiger partial charge in [-0.15, -0.1) is 0 Å². The van der Waals surface area contributed by atoms with Crippen LogP contribution in [0.25, 0.3) is 0 Å². The number of fused-ring (bicyclic) bond motifs is 5. The second-order valence-electron chi connectivity index (χ2n) is 9.75. The number of benzene rings is 2. The van der Waals surface area contributed by atoms with Crippen LogP contribution in [0.3, 0.4) is 0 Å². The van der Waals surface area contributed by atoms with E-state index in [-0.39, 0.29) is 11.5 Å². The fourth-order valence-electron chi connectivity index (χ4n) is 6.66. The molecule has 0 heterocycles. The van der Waals surface area contributed by atoms with E-state index in [1.807, 2.05) is 18.2 Å². The van der Waals surface area contributed by atoms with E-state index in [4.69, 9.17) is 14.1 Å². The van der Waals surface area contributed by atoms with Crippen LogP contribution in [0.4, 0.5) is 0 Å². The molecule has 2 aromatic rings. The molecule has 0 radical (unpaired) electrons. The van der Waals surface area contributed by atoms with Gasteiger partial charge in [0.25, 0.3) is 0 Å². The van der Waals surface area contributed by atoms with E-state index in [0.29, 0.717) is 24.4 Å². The molecule has 2 N–H and O–H groups in total. The first-order valence-electron chi connectivity index (χ1n) is 11.3. The summed E-state index contributed by atoms with van der Waals surface area (Å²) in [5.74, 6) is 2.54. The van der Waals surface area contributed by atoms with Crippen molar-refractivity contribution in [2.45, 2.75) is 64.1 Å².